The van der Waals surface area contributed by atoms with Crippen molar-refractivity contribution in [2.45, 2.75) is 31.6 Å². The molecule has 0 heterocycles. The van der Waals surface area contributed by atoms with Gasteiger partial charge in [0, 0.05) is 0 Å². The van der Waals surface area contributed by atoms with E-state index in [1.165, 1.54) is 43.0 Å². The molecule has 3 fully saturated rings. The molecule has 3 saturated carbocycles. The Labute approximate surface area is 127 Å². The number of nitrogens with one attached hydrogen (secondary N) is 1. The van der Waals surface area contributed by atoms with Gasteiger partial charge in [0.25, 0.3) is 0 Å². The van der Waals surface area contributed by atoms with E-state index in [1.807, 2.05) is 0 Å². The van der Waals surface area contributed by atoms with Crippen molar-refractivity contribution in [3.05, 3.63) is 48.0 Å². The van der Waals surface area contributed by atoms with Gasteiger partial charge in [-0.2, -0.15) is 0 Å². The van der Waals surface area contributed by atoms with Crippen LogP contribution in [0, 0.1) is 17.8 Å². The maximum Gasteiger partial charge on any atom is -0.00149 e. The lowest BCUT2D eigenvalue weighted by Gasteiger charge is -2.49. The molecule has 0 aromatic heterocycles. The van der Waals surface area contributed by atoms with Crippen molar-refractivity contribution >= 4 is 10.8 Å². The maximum atomic E-state index is 3.46. The zero-order valence-corrected chi connectivity index (χ0v) is 12.9. The van der Waals surface area contributed by atoms with Crippen LogP contribution in [0.3, 0.4) is 0 Å². The summed E-state index contributed by atoms with van der Waals surface area (Å²) in [5.74, 6) is 3.46. The summed E-state index contributed by atoms with van der Waals surface area (Å²) in [5.41, 5.74) is 1.59. The molecule has 1 nitrogen and oxygen atoms in total. The first-order valence-corrected chi connectivity index (χ1v) is 8.50. The van der Waals surface area contributed by atoms with Crippen molar-refractivity contribution in [1.82, 2.24) is 5.32 Å². The molecule has 1 heteroatoms. The minimum absolute atomic E-state index is 0.773. The number of benzene rings is 2. The molecular weight excluding hydrogens is 254 g/mol. The molecular formula is C20H25N. The van der Waals surface area contributed by atoms with Gasteiger partial charge in [0.1, 0.15) is 0 Å². The summed E-state index contributed by atoms with van der Waals surface area (Å²) >= 11 is 0. The average Bonchev–Trinajstić information content (AvgIpc) is 2.56. The Kier molecular flexibility index (Phi) is 3.46. The van der Waals surface area contributed by atoms with Crippen LogP contribution in [0.1, 0.15) is 37.2 Å². The van der Waals surface area contributed by atoms with Gasteiger partial charge in [-0.3, -0.25) is 0 Å². The smallest absolute Gasteiger partial charge is 0.00149 e. The quantitative estimate of drug-likeness (QED) is 0.867. The van der Waals surface area contributed by atoms with Gasteiger partial charge in [-0.25, -0.2) is 0 Å². The molecule has 5 rings (SSSR count). The van der Waals surface area contributed by atoms with E-state index in [2.05, 4.69) is 54.8 Å². The van der Waals surface area contributed by atoms with Crippen LogP contribution in [0.5, 0.6) is 0 Å². The molecule has 3 aliphatic carbocycles. The van der Waals surface area contributed by atoms with E-state index >= 15 is 0 Å². The van der Waals surface area contributed by atoms with Gasteiger partial charge in [0.05, 0.1) is 0 Å². The largest absolute Gasteiger partial charge is 0.319 e. The maximum absolute atomic E-state index is 3.46. The van der Waals surface area contributed by atoms with Gasteiger partial charge >= 0.3 is 0 Å². The van der Waals surface area contributed by atoms with Crippen molar-refractivity contribution < 1.29 is 0 Å². The summed E-state index contributed by atoms with van der Waals surface area (Å²) in [6, 6.07) is 16.0. The van der Waals surface area contributed by atoms with Crippen LogP contribution in [0.2, 0.25) is 0 Å². The van der Waals surface area contributed by atoms with E-state index in [-0.39, 0.29) is 0 Å². The van der Waals surface area contributed by atoms with Crippen LogP contribution in [-0.4, -0.2) is 13.6 Å². The molecule has 0 saturated heterocycles. The van der Waals surface area contributed by atoms with Crippen molar-refractivity contribution in [2.24, 2.45) is 17.8 Å². The van der Waals surface area contributed by atoms with Gasteiger partial charge in [0.2, 0.25) is 0 Å². The highest BCUT2D eigenvalue weighted by atomic mass is 14.8. The Morgan fingerprint density at radius 1 is 0.905 bits per heavy atom. The molecule has 2 aromatic rings. The summed E-state index contributed by atoms with van der Waals surface area (Å²) in [6.45, 7) is 1.18. The minimum atomic E-state index is 0.773. The normalized spacial score (nSPS) is 31.7. The SMILES string of the molecule is CNC[C@@H]1C2CCC(CC2)[C@@H]1c1ccc2ccccc2c1. The first-order chi connectivity index (χ1) is 10.4. The molecule has 0 spiro atoms. The average molecular weight is 279 g/mol. The van der Waals surface area contributed by atoms with E-state index in [9.17, 15) is 0 Å². The topological polar surface area (TPSA) is 12.0 Å². The van der Waals surface area contributed by atoms with E-state index in [4.69, 9.17) is 0 Å². The highest BCUT2D eigenvalue weighted by Crippen LogP contribution is 2.53. The molecule has 2 bridgehead atoms. The van der Waals surface area contributed by atoms with E-state index in [1.54, 1.807) is 5.56 Å². The van der Waals surface area contributed by atoms with E-state index in [0.717, 1.165) is 23.7 Å². The molecule has 2 atom stereocenters. The molecule has 110 valence electrons. The van der Waals surface area contributed by atoms with Crippen LogP contribution in [-0.2, 0) is 0 Å². The molecule has 1 N–H and O–H groups in total. The van der Waals surface area contributed by atoms with Gasteiger partial charge in [-0.15, -0.1) is 0 Å². The minimum Gasteiger partial charge on any atom is -0.319 e. The number of fused-ring (bicyclic) bond motifs is 4. The van der Waals surface area contributed by atoms with Crippen molar-refractivity contribution in [2.75, 3.05) is 13.6 Å². The first kappa shape index (κ1) is 13.3. The molecule has 0 amide bonds. The van der Waals surface area contributed by atoms with Crippen molar-refractivity contribution in [3.8, 4) is 0 Å². The Morgan fingerprint density at radius 3 is 2.38 bits per heavy atom. The zero-order valence-electron chi connectivity index (χ0n) is 12.9. The fraction of sp³-hybridized carbons (Fsp3) is 0.500. The predicted molar refractivity (Wildman–Crippen MR) is 89.6 cm³/mol. The standard InChI is InChI=1S/C20H25N/c1-21-13-19-15-7-9-16(10-8-15)20(19)18-11-6-14-4-2-3-5-17(14)12-18/h2-6,11-12,15-16,19-21H,7-10,13H2,1H3/t15?,16?,19-,20-/m1/s1. The van der Waals surface area contributed by atoms with Crippen LogP contribution in [0.4, 0.5) is 0 Å². The van der Waals surface area contributed by atoms with Gasteiger partial charge in [0.15, 0.2) is 0 Å². The third-order valence-corrected chi connectivity index (χ3v) is 5.99. The van der Waals surface area contributed by atoms with Gasteiger partial charge in [-0.1, -0.05) is 42.5 Å². The molecule has 0 aliphatic heterocycles. The van der Waals surface area contributed by atoms with Gasteiger partial charge < -0.3 is 5.32 Å². The zero-order chi connectivity index (χ0) is 14.2. The van der Waals surface area contributed by atoms with Gasteiger partial charge in [-0.05, 0) is 79.3 Å². The highest BCUT2D eigenvalue weighted by Gasteiger charge is 2.43. The summed E-state index contributed by atoms with van der Waals surface area (Å²) in [5, 5.41) is 6.23. The molecule has 3 aliphatic rings. The van der Waals surface area contributed by atoms with Crippen LogP contribution in [0.25, 0.3) is 10.8 Å². The second kappa shape index (κ2) is 5.46. The molecule has 21 heavy (non-hydrogen) atoms. The Hall–Kier alpha value is -1.34. The fourth-order valence-electron chi connectivity index (χ4n) is 5.04. The summed E-state index contributed by atoms with van der Waals surface area (Å²) in [7, 11) is 2.11. The van der Waals surface area contributed by atoms with Crippen LogP contribution < -0.4 is 5.32 Å². The third kappa shape index (κ3) is 2.28. The Bertz CT molecular complexity index is 625. The van der Waals surface area contributed by atoms with Crippen molar-refractivity contribution in [3.63, 3.8) is 0 Å². The highest BCUT2D eigenvalue weighted by molar-refractivity contribution is 5.83. The van der Waals surface area contributed by atoms with E-state index < -0.39 is 0 Å². The monoisotopic (exact) mass is 279 g/mol. The number of hydrogen-bond acceptors (Lipinski definition) is 1. The Balaban J connectivity index is 1.74. The van der Waals surface area contributed by atoms with Crippen LogP contribution in [0.15, 0.2) is 42.5 Å². The number of rotatable bonds is 3. The molecule has 0 unspecified atom stereocenters. The lowest BCUT2D eigenvalue weighted by molar-refractivity contribution is 0.0688. The first-order valence-electron chi connectivity index (χ1n) is 8.50. The lowest BCUT2D eigenvalue weighted by Crippen LogP contribution is -2.42. The Morgan fingerprint density at radius 2 is 1.62 bits per heavy atom. The summed E-state index contributed by atoms with van der Waals surface area (Å²) < 4.78 is 0. The molecule has 2 aromatic carbocycles. The predicted octanol–water partition coefficient (Wildman–Crippen LogP) is 4.58. The second-order valence-corrected chi connectivity index (χ2v) is 7.03. The summed E-state index contributed by atoms with van der Waals surface area (Å²) in [4.78, 5) is 0. The van der Waals surface area contributed by atoms with Crippen molar-refractivity contribution in [1.29, 1.82) is 0 Å². The molecule has 0 radical (unpaired) electrons. The number of hydrogen-bond donors (Lipinski definition) is 1. The lowest BCUT2D eigenvalue weighted by atomic mass is 9.57. The fourth-order valence-corrected chi connectivity index (χ4v) is 5.04. The second-order valence-electron chi connectivity index (χ2n) is 7.03. The van der Waals surface area contributed by atoms with Crippen LogP contribution >= 0.6 is 0 Å². The summed E-state index contributed by atoms with van der Waals surface area (Å²) in [6.07, 6.45) is 5.81. The third-order valence-electron chi connectivity index (χ3n) is 5.99. The van der Waals surface area contributed by atoms with E-state index in [0.29, 0.717) is 0 Å².